The van der Waals surface area contributed by atoms with Crippen molar-refractivity contribution in [1.82, 2.24) is 0 Å². The van der Waals surface area contributed by atoms with Gasteiger partial charge in [-0.3, -0.25) is 0 Å². The second-order valence-corrected chi connectivity index (χ2v) is 6.49. The molecule has 1 rings (SSSR count). The SMILES string of the molecule is CC.CC(C)=C(CCO)/C(C)=C1/SC(C)CC1C. The average Bonchev–Trinajstić information content (AvgIpc) is 2.67. The molecule has 1 heterocycles. The number of thioether (sulfide) groups is 1. The van der Waals surface area contributed by atoms with E-state index in [-0.39, 0.29) is 6.61 Å². The van der Waals surface area contributed by atoms with Crippen LogP contribution in [0, 0.1) is 5.92 Å². The standard InChI is InChI=1S/C14H24OS.C2H6/c1-9(2)13(6-7-15)12(5)14-10(3)8-11(4)16-14;1-2/h10-11,15H,6-8H2,1-5H3;1-2H3/b14-12+;. The van der Waals surface area contributed by atoms with Crippen LogP contribution in [0.3, 0.4) is 0 Å². The van der Waals surface area contributed by atoms with Crippen molar-refractivity contribution < 1.29 is 5.11 Å². The summed E-state index contributed by atoms with van der Waals surface area (Å²) in [5.41, 5.74) is 4.10. The molecule has 0 aromatic rings. The monoisotopic (exact) mass is 270 g/mol. The molecule has 0 aromatic heterocycles. The zero-order valence-electron chi connectivity index (χ0n) is 13.1. The van der Waals surface area contributed by atoms with Crippen LogP contribution in [0.15, 0.2) is 21.6 Å². The molecule has 1 aliphatic heterocycles. The topological polar surface area (TPSA) is 20.2 Å². The lowest BCUT2D eigenvalue weighted by Crippen LogP contribution is -1.99. The summed E-state index contributed by atoms with van der Waals surface area (Å²) in [4.78, 5) is 1.54. The van der Waals surface area contributed by atoms with Gasteiger partial charge in [-0.25, -0.2) is 0 Å². The Morgan fingerprint density at radius 3 is 2.11 bits per heavy atom. The molecule has 0 aromatic carbocycles. The maximum atomic E-state index is 9.13. The van der Waals surface area contributed by atoms with Crippen LogP contribution in [0.4, 0.5) is 0 Å². The van der Waals surface area contributed by atoms with E-state index in [0.29, 0.717) is 5.92 Å². The number of aliphatic hydroxyl groups excluding tert-OH is 1. The Morgan fingerprint density at radius 2 is 1.78 bits per heavy atom. The van der Waals surface area contributed by atoms with Gasteiger partial charge in [-0.1, -0.05) is 33.3 Å². The van der Waals surface area contributed by atoms with Gasteiger partial charge in [0.15, 0.2) is 0 Å². The molecule has 1 aliphatic rings. The van der Waals surface area contributed by atoms with Gasteiger partial charge in [-0.2, -0.15) is 0 Å². The number of hydrogen-bond donors (Lipinski definition) is 1. The van der Waals surface area contributed by atoms with E-state index in [2.05, 4.69) is 34.6 Å². The zero-order chi connectivity index (χ0) is 14.3. The van der Waals surface area contributed by atoms with Crippen LogP contribution in [0.2, 0.25) is 0 Å². The minimum Gasteiger partial charge on any atom is -0.396 e. The second-order valence-electron chi connectivity index (χ2n) is 5.01. The summed E-state index contributed by atoms with van der Waals surface area (Å²) in [6.07, 6.45) is 2.08. The predicted octanol–water partition coefficient (Wildman–Crippen LogP) is 5.17. The van der Waals surface area contributed by atoms with E-state index in [0.717, 1.165) is 11.7 Å². The molecular formula is C16H30OS. The third-order valence-corrected chi connectivity index (χ3v) is 4.81. The van der Waals surface area contributed by atoms with Gasteiger partial charge in [0.25, 0.3) is 0 Å². The fourth-order valence-corrected chi connectivity index (χ4v) is 3.96. The molecule has 1 nitrogen and oxygen atoms in total. The number of allylic oxidation sites excluding steroid dienone is 3. The molecule has 0 spiro atoms. The van der Waals surface area contributed by atoms with Crippen LogP contribution in [-0.4, -0.2) is 17.0 Å². The molecule has 0 saturated carbocycles. The van der Waals surface area contributed by atoms with Gasteiger partial charge >= 0.3 is 0 Å². The maximum absolute atomic E-state index is 9.13. The normalized spacial score (nSPS) is 25.3. The van der Waals surface area contributed by atoms with Gasteiger partial charge in [0.05, 0.1) is 0 Å². The van der Waals surface area contributed by atoms with Crippen LogP contribution in [-0.2, 0) is 0 Å². The number of hydrogen-bond acceptors (Lipinski definition) is 2. The van der Waals surface area contributed by atoms with Crippen LogP contribution in [0.5, 0.6) is 0 Å². The summed E-state index contributed by atoms with van der Waals surface area (Å²) in [7, 11) is 0. The smallest absolute Gasteiger partial charge is 0.0471 e. The lowest BCUT2D eigenvalue weighted by Gasteiger charge is -2.15. The minimum absolute atomic E-state index is 0.250. The average molecular weight is 270 g/mol. The molecule has 2 unspecified atom stereocenters. The highest BCUT2D eigenvalue weighted by Crippen LogP contribution is 2.45. The Labute approximate surface area is 118 Å². The summed E-state index contributed by atoms with van der Waals surface area (Å²) in [6, 6.07) is 0. The molecule has 1 saturated heterocycles. The van der Waals surface area contributed by atoms with Gasteiger partial charge < -0.3 is 5.11 Å². The highest BCUT2D eigenvalue weighted by Gasteiger charge is 2.26. The molecule has 2 heteroatoms. The molecule has 0 radical (unpaired) electrons. The Balaban J connectivity index is 0.00000137. The van der Waals surface area contributed by atoms with Crippen molar-refractivity contribution in [3.05, 3.63) is 21.6 Å². The van der Waals surface area contributed by atoms with Crippen LogP contribution in [0.25, 0.3) is 0 Å². The highest BCUT2D eigenvalue weighted by atomic mass is 32.2. The van der Waals surface area contributed by atoms with Crippen LogP contribution in [0.1, 0.15) is 61.3 Å². The first kappa shape index (κ1) is 17.8. The van der Waals surface area contributed by atoms with Crippen molar-refractivity contribution in [3.8, 4) is 0 Å². The van der Waals surface area contributed by atoms with Crippen molar-refractivity contribution in [2.45, 2.75) is 66.6 Å². The maximum Gasteiger partial charge on any atom is 0.0471 e. The molecule has 1 fully saturated rings. The summed E-state index contributed by atoms with van der Waals surface area (Å²) < 4.78 is 0. The van der Waals surface area contributed by atoms with Crippen LogP contribution < -0.4 is 0 Å². The first-order valence-electron chi connectivity index (χ1n) is 7.12. The van der Waals surface area contributed by atoms with Crippen molar-refractivity contribution >= 4 is 11.8 Å². The fraction of sp³-hybridized carbons (Fsp3) is 0.750. The van der Waals surface area contributed by atoms with E-state index in [1.54, 1.807) is 0 Å². The van der Waals surface area contributed by atoms with E-state index in [1.165, 1.54) is 28.0 Å². The Bertz CT molecular complexity index is 311. The molecule has 0 bridgehead atoms. The van der Waals surface area contributed by atoms with E-state index in [1.807, 2.05) is 25.6 Å². The summed E-state index contributed by atoms with van der Waals surface area (Å²) in [5, 5.41) is 9.87. The summed E-state index contributed by atoms with van der Waals surface area (Å²) in [6.45, 7) is 15.4. The summed E-state index contributed by atoms with van der Waals surface area (Å²) >= 11 is 2.02. The molecule has 1 N–H and O–H groups in total. The van der Waals surface area contributed by atoms with E-state index < -0.39 is 0 Å². The van der Waals surface area contributed by atoms with Gasteiger partial charge in [0.2, 0.25) is 0 Å². The van der Waals surface area contributed by atoms with E-state index >= 15 is 0 Å². The summed E-state index contributed by atoms with van der Waals surface area (Å²) in [5.74, 6) is 0.688. The molecule has 18 heavy (non-hydrogen) atoms. The van der Waals surface area contributed by atoms with Crippen molar-refractivity contribution in [1.29, 1.82) is 0 Å². The molecule has 106 valence electrons. The lowest BCUT2D eigenvalue weighted by atomic mass is 9.95. The lowest BCUT2D eigenvalue weighted by molar-refractivity contribution is 0.299. The molecule has 0 amide bonds. The third kappa shape index (κ3) is 4.81. The van der Waals surface area contributed by atoms with Crippen LogP contribution >= 0.6 is 11.8 Å². The van der Waals surface area contributed by atoms with Crippen molar-refractivity contribution in [2.24, 2.45) is 5.92 Å². The van der Waals surface area contributed by atoms with E-state index in [4.69, 9.17) is 5.11 Å². The first-order chi connectivity index (χ1) is 8.47. The molecular weight excluding hydrogens is 240 g/mol. The largest absolute Gasteiger partial charge is 0.396 e. The Kier molecular flexibility index (Phi) is 8.71. The fourth-order valence-electron chi connectivity index (χ4n) is 2.52. The Hall–Kier alpha value is -0.210. The second kappa shape index (κ2) is 8.82. The number of rotatable bonds is 3. The Morgan fingerprint density at radius 1 is 1.22 bits per heavy atom. The van der Waals surface area contributed by atoms with Gasteiger partial charge in [0, 0.05) is 11.9 Å². The highest BCUT2D eigenvalue weighted by molar-refractivity contribution is 8.04. The predicted molar refractivity (Wildman–Crippen MR) is 85.0 cm³/mol. The number of aliphatic hydroxyl groups is 1. The quantitative estimate of drug-likeness (QED) is 0.763. The third-order valence-electron chi connectivity index (χ3n) is 3.25. The molecule has 0 aliphatic carbocycles. The van der Waals surface area contributed by atoms with Crippen molar-refractivity contribution in [2.75, 3.05) is 6.61 Å². The van der Waals surface area contributed by atoms with Gasteiger partial charge in [-0.05, 0) is 55.6 Å². The van der Waals surface area contributed by atoms with Gasteiger partial charge in [0.1, 0.15) is 0 Å². The zero-order valence-corrected chi connectivity index (χ0v) is 13.9. The van der Waals surface area contributed by atoms with Crippen molar-refractivity contribution in [3.63, 3.8) is 0 Å². The van der Waals surface area contributed by atoms with E-state index in [9.17, 15) is 0 Å². The first-order valence-corrected chi connectivity index (χ1v) is 8.00. The van der Waals surface area contributed by atoms with Gasteiger partial charge in [-0.15, -0.1) is 11.8 Å². The molecule has 2 atom stereocenters. The minimum atomic E-state index is 0.250.